The Morgan fingerprint density at radius 3 is 0.979 bits per heavy atom. The molecular weight excluding hydrogens is 1200 g/mol. The van der Waals surface area contributed by atoms with Crippen LogP contribution in [0.25, 0.3) is 24.3 Å². The molecule has 16 nitrogen and oxygen atoms in total. The number of carbonyl (C=O) groups excluding carboxylic acids is 4. The van der Waals surface area contributed by atoms with Gasteiger partial charge in [-0.1, -0.05) is 52.3 Å². The van der Waals surface area contributed by atoms with Gasteiger partial charge in [-0.25, -0.2) is 0 Å². The first-order valence-corrected chi connectivity index (χ1v) is 30.3. The number of carbonyl (C=O) groups is 4. The highest BCUT2D eigenvalue weighted by molar-refractivity contribution is 6.09. The van der Waals surface area contributed by atoms with Crippen molar-refractivity contribution in [2.75, 3.05) is 28.4 Å². The summed E-state index contributed by atoms with van der Waals surface area (Å²) in [7, 11) is 6.06. The molecule has 0 spiro atoms. The maximum absolute atomic E-state index is 12.3. The van der Waals surface area contributed by atoms with Crippen molar-refractivity contribution >= 4 is 47.4 Å². The molecule has 0 radical (unpaired) electrons. The van der Waals surface area contributed by atoms with Crippen LogP contribution in [-0.4, -0.2) is 92.4 Å². The molecule has 0 amide bonds. The molecule has 494 valence electrons. The van der Waals surface area contributed by atoms with Crippen molar-refractivity contribution in [3.05, 3.63) is 261 Å². The van der Waals surface area contributed by atoms with E-state index in [1.54, 1.807) is 109 Å². The third-order valence-electron chi connectivity index (χ3n) is 15.0. The minimum Gasteiger partial charge on any atom is -0.508 e. The molecule has 8 rings (SSSR count). The number of allylic oxidation sites excluding steroid dienone is 7. The van der Waals surface area contributed by atoms with Gasteiger partial charge in [-0.3, -0.25) is 19.2 Å². The molecule has 16 heteroatoms. The SMILES string of the molecule is C/C=C/Cc1cc(/C=C/C(=O)c2ccc(O)cc2)c(OC)cc1O.C=CCc1cc(/C=C/C(=O)c2ccc(O)cc2)c(OC)cc1O.CCC(C)(C)c1cc(/C=C/C(=O)c2ccc(O)cc2)c(OC)cc1O.CCCc1cc(/C=C/C(=O)c2ccc(O)cc2)c(OC)cc1O. The fraction of sp³-hybridized carbons (Fsp3) is 0.190. The standard InChI is InChI=1S/C21H24O4.C20H20O4.C19H20O4.C19H18O4/c1-5-21(2,3)17-12-15(20(25-4)13-19(17)24)8-11-18(23)14-6-9-16(22)10-7-14;1-3-4-5-15-12-16(20(24-2)13-19(15)23)8-11-18(22)14-6-9-17(21)10-7-14;2*1-3-4-14-11-15(19(23-2)12-18(14)22)7-10-17(21)13-5-8-16(20)9-6-13/h6-13,22,24H,5H2,1-4H3;3-4,6-13,21,23H,5H2,1-2H3;5-12,20,22H,3-4H2,1-2H3;3,5-12,20,22H,1,4H2,2H3/b11-8+;4-3+,11-8+;2*10-7+. The number of hydrogen-bond acceptors (Lipinski definition) is 16. The highest BCUT2D eigenvalue weighted by Gasteiger charge is 2.24. The number of ketones is 4. The van der Waals surface area contributed by atoms with Gasteiger partial charge in [0, 0.05) is 74.3 Å². The Labute approximate surface area is 554 Å². The number of methoxy groups -OCH3 is 4. The monoisotopic (exact) mass is 1290 g/mol. The maximum atomic E-state index is 12.3. The van der Waals surface area contributed by atoms with Crippen LogP contribution in [0.1, 0.15) is 133 Å². The van der Waals surface area contributed by atoms with Crippen LogP contribution in [-0.2, 0) is 24.7 Å². The van der Waals surface area contributed by atoms with Gasteiger partial charge in [-0.05, 0) is 225 Å². The lowest BCUT2D eigenvalue weighted by molar-refractivity contribution is 0.103. The lowest BCUT2D eigenvalue weighted by Gasteiger charge is -2.25. The number of rotatable bonds is 24. The summed E-state index contributed by atoms with van der Waals surface area (Å²) in [6, 6.07) is 37.7. The van der Waals surface area contributed by atoms with E-state index >= 15 is 0 Å². The summed E-state index contributed by atoms with van der Waals surface area (Å²) in [5.74, 6) is 2.41. The number of phenols is 8. The lowest BCUT2D eigenvalue weighted by Crippen LogP contribution is -2.16. The normalized spacial score (nSPS) is 11.1. The molecule has 0 heterocycles. The maximum Gasteiger partial charge on any atom is 0.185 e. The molecule has 0 saturated carbocycles. The van der Waals surface area contributed by atoms with Crippen LogP contribution in [0.2, 0.25) is 0 Å². The topological polar surface area (TPSA) is 267 Å². The Morgan fingerprint density at radius 2 is 0.695 bits per heavy atom. The molecule has 95 heavy (non-hydrogen) atoms. The summed E-state index contributed by atoms with van der Waals surface area (Å²) >= 11 is 0. The van der Waals surface area contributed by atoms with Crippen molar-refractivity contribution in [1.29, 1.82) is 0 Å². The fourth-order valence-corrected chi connectivity index (χ4v) is 9.19. The second-order valence-electron chi connectivity index (χ2n) is 22.0. The van der Waals surface area contributed by atoms with Gasteiger partial charge in [0.15, 0.2) is 23.1 Å². The Kier molecular flexibility index (Phi) is 28.5. The molecule has 0 aliphatic rings. The zero-order valence-electron chi connectivity index (χ0n) is 54.8. The molecule has 8 aromatic carbocycles. The number of aryl methyl sites for hydroxylation is 1. The number of aromatic hydroxyl groups is 8. The van der Waals surface area contributed by atoms with E-state index in [2.05, 4.69) is 27.4 Å². The van der Waals surface area contributed by atoms with Gasteiger partial charge < -0.3 is 59.8 Å². The number of ether oxygens (including phenoxy) is 4. The van der Waals surface area contributed by atoms with E-state index in [0.29, 0.717) is 74.8 Å². The second kappa shape index (κ2) is 36.5. The van der Waals surface area contributed by atoms with Gasteiger partial charge in [0.25, 0.3) is 0 Å². The summed E-state index contributed by atoms with van der Waals surface area (Å²) in [4.78, 5) is 48.7. The van der Waals surface area contributed by atoms with Crippen molar-refractivity contribution < 1.29 is 79.0 Å². The third-order valence-corrected chi connectivity index (χ3v) is 15.0. The van der Waals surface area contributed by atoms with Gasteiger partial charge >= 0.3 is 0 Å². The van der Waals surface area contributed by atoms with Crippen LogP contribution in [0.15, 0.2) is 195 Å². The molecule has 0 fully saturated rings. The van der Waals surface area contributed by atoms with Crippen molar-refractivity contribution in [2.24, 2.45) is 0 Å². The first kappa shape index (κ1) is 74.2. The average Bonchev–Trinajstić information content (AvgIpc) is 0.839. The van der Waals surface area contributed by atoms with Gasteiger partial charge in [0.1, 0.15) is 69.0 Å². The Bertz CT molecular complexity index is 4070. The largest absolute Gasteiger partial charge is 0.508 e. The van der Waals surface area contributed by atoms with Crippen LogP contribution in [0.3, 0.4) is 0 Å². The predicted octanol–water partition coefficient (Wildman–Crippen LogP) is 16.5. The van der Waals surface area contributed by atoms with Gasteiger partial charge in [0.2, 0.25) is 0 Å². The van der Waals surface area contributed by atoms with E-state index in [4.69, 9.17) is 18.9 Å². The molecule has 0 atom stereocenters. The van der Waals surface area contributed by atoms with Crippen LogP contribution in [0, 0.1) is 0 Å². The van der Waals surface area contributed by atoms with Gasteiger partial charge in [-0.15, -0.1) is 6.58 Å². The van der Waals surface area contributed by atoms with E-state index in [9.17, 15) is 60.0 Å². The van der Waals surface area contributed by atoms with Crippen LogP contribution < -0.4 is 18.9 Å². The molecule has 8 N–H and O–H groups in total. The Morgan fingerprint density at radius 1 is 0.411 bits per heavy atom. The summed E-state index contributed by atoms with van der Waals surface area (Å²) in [5, 5.41) is 77.3. The molecule has 0 bridgehead atoms. The second-order valence-corrected chi connectivity index (χ2v) is 22.0. The summed E-state index contributed by atoms with van der Waals surface area (Å²) in [6.45, 7) is 13.8. The Balaban J connectivity index is 0.000000229. The minimum atomic E-state index is -0.195. The van der Waals surface area contributed by atoms with E-state index in [-0.39, 0.29) is 74.5 Å². The van der Waals surface area contributed by atoms with Gasteiger partial charge in [0.05, 0.1) is 28.4 Å². The van der Waals surface area contributed by atoms with Crippen LogP contribution in [0.5, 0.6) is 69.0 Å². The van der Waals surface area contributed by atoms with E-state index in [1.165, 1.54) is 107 Å². The summed E-state index contributed by atoms with van der Waals surface area (Å²) in [5.41, 5.74) is 7.70. The molecule has 0 aliphatic carbocycles. The first-order chi connectivity index (χ1) is 45.4. The van der Waals surface area contributed by atoms with Crippen LogP contribution in [0.4, 0.5) is 0 Å². The highest BCUT2D eigenvalue weighted by atomic mass is 16.5. The van der Waals surface area contributed by atoms with Crippen molar-refractivity contribution in [2.45, 2.75) is 72.1 Å². The first-order valence-electron chi connectivity index (χ1n) is 30.3. The lowest BCUT2D eigenvalue weighted by atomic mass is 9.81. The van der Waals surface area contributed by atoms with Crippen molar-refractivity contribution in [3.8, 4) is 69.0 Å². The van der Waals surface area contributed by atoms with E-state index in [1.807, 2.05) is 38.1 Å². The third kappa shape index (κ3) is 22.1. The summed E-state index contributed by atoms with van der Waals surface area (Å²) < 4.78 is 21.1. The number of phenolic OH excluding ortho intramolecular Hbond substituents is 8. The average molecular weight is 1290 g/mol. The van der Waals surface area contributed by atoms with E-state index < -0.39 is 0 Å². The van der Waals surface area contributed by atoms with Crippen molar-refractivity contribution in [3.63, 3.8) is 0 Å². The zero-order valence-corrected chi connectivity index (χ0v) is 54.8. The molecule has 8 aromatic rings. The van der Waals surface area contributed by atoms with E-state index in [0.717, 1.165) is 47.1 Å². The number of benzene rings is 8. The minimum absolute atomic E-state index is 0.111. The molecule has 0 aliphatic heterocycles. The molecule has 0 aromatic heterocycles. The smallest absolute Gasteiger partial charge is 0.185 e. The predicted molar refractivity (Wildman–Crippen MR) is 374 cm³/mol. The molecule has 0 saturated heterocycles. The molecule has 0 unspecified atom stereocenters. The summed E-state index contributed by atoms with van der Waals surface area (Å²) in [6.07, 6.45) is 21.6. The number of hydrogen-bond donors (Lipinski definition) is 8. The highest BCUT2D eigenvalue weighted by Crippen LogP contribution is 2.39. The quantitative estimate of drug-likeness (QED) is 0.0159. The molecular formula is C79H82O16. The zero-order chi connectivity index (χ0) is 69.8. The van der Waals surface area contributed by atoms with Gasteiger partial charge in [-0.2, -0.15) is 0 Å². The van der Waals surface area contributed by atoms with Crippen molar-refractivity contribution in [1.82, 2.24) is 0 Å². The fourth-order valence-electron chi connectivity index (χ4n) is 9.19. The Hall–Kier alpha value is -11.5. The van der Waals surface area contributed by atoms with Crippen LogP contribution >= 0.6 is 0 Å².